The minimum atomic E-state index is -0.601. The lowest BCUT2D eigenvalue weighted by Crippen LogP contribution is -2.50. The van der Waals surface area contributed by atoms with Crippen molar-refractivity contribution < 1.29 is 19.1 Å². The second kappa shape index (κ2) is 12.9. The van der Waals surface area contributed by atoms with E-state index in [0.717, 1.165) is 25.9 Å². The predicted octanol–water partition coefficient (Wildman–Crippen LogP) is 6.23. The number of rotatable bonds is 10. The Labute approximate surface area is 235 Å². The summed E-state index contributed by atoms with van der Waals surface area (Å²) in [4.78, 5) is 32.5. The van der Waals surface area contributed by atoms with Crippen LogP contribution in [-0.4, -0.2) is 66.7 Å². The van der Waals surface area contributed by atoms with Gasteiger partial charge in [-0.1, -0.05) is 35.9 Å². The molecular weight excluding hydrogens is 515 g/mol. The summed E-state index contributed by atoms with van der Waals surface area (Å²) in [6.45, 7) is 4.32. The van der Waals surface area contributed by atoms with Gasteiger partial charge in [0.2, 0.25) is 0 Å². The number of piperidine rings is 1. The van der Waals surface area contributed by atoms with Crippen molar-refractivity contribution in [3.63, 3.8) is 0 Å². The molecule has 0 bridgehead atoms. The zero-order chi connectivity index (χ0) is 28.1. The van der Waals surface area contributed by atoms with E-state index in [1.165, 1.54) is 18.2 Å². The molecule has 1 N–H and O–H groups in total. The smallest absolute Gasteiger partial charge is 0.167 e. The Kier molecular flexibility index (Phi) is 9.54. The number of carbonyl (C=O) groups is 2. The van der Waals surface area contributed by atoms with Crippen LogP contribution in [0.3, 0.4) is 0 Å². The molecule has 3 aromatic rings. The van der Waals surface area contributed by atoms with Gasteiger partial charge in [-0.3, -0.25) is 9.59 Å². The van der Waals surface area contributed by atoms with Crippen molar-refractivity contribution in [2.45, 2.75) is 25.7 Å². The third kappa shape index (κ3) is 6.93. The highest BCUT2D eigenvalue weighted by molar-refractivity contribution is 6.30. The van der Waals surface area contributed by atoms with Gasteiger partial charge in [0.1, 0.15) is 11.6 Å². The number of unbranched alkanes of at least 4 members (excludes halogenated alkanes) is 1. The lowest BCUT2D eigenvalue weighted by Gasteiger charge is -2.43. The summed E-state index contributed by atoms with van der Waals surface area (Å²) in [6.07, 6.45) is 1.92. The number of likely N-dealkylation sites (tertiary alicyclic amines) is 1. The van der Waals surface area contributed by atoms with Crippen LogP contribution < -0.4 is 0 Å². The average Bonchev–Trinajstić information content (AvgIpc) is 2.92. The maximum atomic E-state index is 14.8. The molecule has 1 heterocycles. The third-order valence-corrected chi connectivity index (χ3v) is 7.96. The first-order valence-corrected chi connectivity index (χ1v) is 13.8. The van der Waals surface area contributed by atoms with E-state index in [2.05, 4.69) is 9.80 Å². The molecule has 0 saturated carbocycles. The number of hydrogen-bond acceptors (Lipinski definition) is 5. The summed E-state index contributed by atoms with van der Waals surface area (Å²) in [5.41, 5.74) is 2.02. The van der Waals surface area contributed by atoms with Crippen molar-refractivity contribution in [2.24, 2.45) is 11.8 Å². The number of hydrogen-bond donors (Lipinski definition) is 1. The van der Waals surface area contributed by atoms with E-state index >= 15 is 0 Å². The van der Waals surface area contributed by atoms with Gasteiger partial charge in [-0.2, -0.15) is 0 Å². The molecule has 0 spiro atoms. The van der Waals surface area contributed by atoms with Crippen molar-refractivity contribution in [3.05, 3.63) is 99.8 Å². The van der Waals surface area contributed by atoms with Crippen molar-refractivity contribution >= 4 is 23.2 Å². The van der Waals surface area contributed by atoms with Crippen LogP contribution in [0.2, 0.25) is 5.02 Å². The normalized spacial score (nSPS) is 19.8. The van der Waals surface area contributed by atoms with Crippen LogP contribution in [0.1, 0.15) is 50.6 Å². The minimum absolute atomic E-state index is 0.00415. The van der Waals surface area contributed by atoms with E-state index in [1.807, 2.05) is 20.2 Å². The topological polar surface area (TPSA) is 60.9 Å². The van der Waals surface area contributed by atoms with Gasteiger partial charge < -0.3 is 14.9 Å². The molecule has 0 amide bonds. The first-order valence-electron chi connectivity index (χ1n) is 13.4. The first kappa shape index (κ1) is 28.9. The van der Waals surface area contributed by atoms with Crippen molar-refractivity contribution in [1.29, 1.82) is 0 Å². The number of halogens is 2. The summed E-state index contributed by atoms with van der Waals surface area (Å²) in [7, 11) is 4.08. The van der Waals surface area contributed by atoms with E-state index in [1.54, 1.807) is 49.4 Å². The summed E-state index contributed by atoms with van der Waals surface area (Å²) in [6, 6.07) is 18.0. The Balaban J connectivity index is 1.78. The SMILES string of the molecule is Cc1c(F)cccc1C1C(C(=O)c2ccc(Cl)cc2)CN(CCCCN(C)C)CC1C(=O)c1cccc(O)c1. The summed E-state index contributed by atoms with van der Waals surface area (Å²) >= 11 is 6.10. The van der Waals surface area contributed by atoms with E-state index < -0.39 is 17.8 Å². The van der Waals surface area contributed by atoms with Crippen molar-refractivity contribution in [1.82, 2.24) is 9.80 Å². The van der Waals surface area contributed by atoms with Gasteiger partial charge in [0.05, 0.1) is 0 Å². The first-order chi connectivity index (χ1) is 18.7. The van der Waals surface area contributed by atoms with Gasteiger partial charge in [0, 0.05) is 47.0 Å². The van der Waals surface area contributed by atoms with Crippen molar-refractivity contribution in [2.75, 3.05) is 40.3 Å². The lowest BCUT2D eigenvalue weighted by atomic mass is 9.67. The molecule has 0 aliphatic carbocycles. The average molecular weight is 551 g/mol. The largest absolute Gasteiger partial charge is 0.508 e. The molecule has 3 aromatic carbocycles. The fourth-order valence-corrected chi connectivity index (χ4v) is 5.82. The standard InChI is InChI=1S/C32H36ClFN2O3/c1-21-26(10-7-11-29(21)34)30-27(31(38)22-12-14-24(33)15-13-22)19-36(17-5-4-16-35(2)3)20-28(30)32(39)23-8-6-9-25(37)18-23/h6-15,18,27-28,30,37H,4-5,16-17,19-20H2,1-3H3. The van der Waals surface area contributed by atoms with Gasteiger partial charge in [-0.15, -0.1) is 0 Å². The van der Waals surface area contributed by atoms with Crippen LogP contribution in [-0.2, 0) is 0 Å². The van der Waals surface area contributed by atoms with E-state index in [-0.39, 0.29) is 23.1 Å². The maximum absolute atomic E-state index is 14.8. The number of nitrogens with zero attached hydrogens (tertiary/aromatic N) is 2. The zero-order valence-corrected chi connectivity index (χ0v) is 23.5. The number of phenols is 1. The summed E-state index contributed by atoms with van der Waals surface area (Å²) in [5.74, 6) is -2.31. The Morgan fingerprint density at radius 2 is 1.59 bits per heavy atom. The number of carbonyl (C=O) groups excluding carboxylic acids is 2. The van der Waals surface area contributed by atoms with Crippen LogP contribution >= 0.6 is 11.6 Å². The van der Waals surface area contributed by atoms with Gasteiger partial charge in [0.15, 0.2) is 11.6 Å². The van der Waals surface area contributed by atoms with Crippen LogP contribution in [0.4, 0.5) is 4.39 Å². The Hall–Kier alpha value is -3.06. The molecule has 4 rings (SSSR count). The number of ketones is 2. The molecule has 3 unspecified atom stereocenters. The second-order valence-corrected chi connectivity index (χ2v) is 11.2. The summed E-state index contributed by atoms with van der Waals surface area (Å²) in [5, 5.41) is 10.6. The van der Waals surface area contributed by atoms with Crippen LogP contribution in [0, 0.1) is 24.6 Å². The Morgan fingerprint density at radius 1 is 0.949 bits per heavy atom. The summed E-state index contributed by atoms with van der Waals surface area (Å²) < 4.78 is 14.8. The molecule has 7 heteroatoms. The molecule has 206 valence electrons. The number of Topliss-reactive ketones (excluding diaryl/α,β-unsaturated/α-hetero) is 2. The van der Waals surface area contributed by atoms with Gasteiger partial charge in [-0.05, 0) is 101 Å². The highest BCUT2D eigenvalue weighted by Crippen LogP contribution is 2.42. The van der Waals surface area contributed by atoms with Gasteiger partial charge in [0.25, 0.3) is 0 Å². The van der Waals surface area contributed by atoms with Crippen LogP contribution in [0.5, 0.6) is 5.75 Å². The fraction of sp³-hybridized carbons (Fsp3) is 0.375. The highest BCUT2D eigenvalue weighted by atomic mass is 35.5. The van der Waals surface area contributed by atoms with E-state index in [9.17, 15) is 19.1 Å². The van der Waals surface area contributed by atoms with E-state index in [4.69, 9.17) is 11.6 Å². The van der Waals surface area contributed by atoms with Gasteiger partial charge in [-0.25, -0.2) is 4.39 Å². The maximum Gasteiger partial charge on any atom is 0.167 e. The molecule has 1 aliphatic heterocycles. The number of phenolic OH excluding ortho intramolecular Hbond substituents is 1. The van der Waals surface area contributed by atoms with Gasteiger partial charge >= 0.3 is 0 Å². The highest BCUT2D eigenvalue weighted by Gasteiger charge is 2.45. The molecule has 0 aromatic heterocycles. The molecule has 1 aliphatic rings. The van der Waals surface area contributed by atoms with Crippen LogP contribution in [0.15, 0.2) is 66.7 Å². The molecule has 5 nitrogen and oxygen atoms in total. The predicted molar refractivity (Wildman–Crippen MR) is 153 cm³/mol. The molecule has 39 heavy (non-hydrogen) atoms. The third-order valence-electron chi connectivity index (χ3n) is 7.71. The molecule has 1 saturated heterocycles. The monoisotopic (exact) mass is 550 g/mol. The molecule has 0 radical (unpaired) electrons. The number of benzene rings is 3. The number of aromatic hydroxyl groups is 1. The Morgan fingerprint density at radius 3 is 2.23 bits per heavy atom. The molecule has 3 atom stereocenters. The second-order valence-electron chi connectivity index (χ2n) is 10.7. The Bertz CT molecular complexity index is 1310. The van der Waals surface area contributed by atoms with Crippen molar-refractivity contribution in [3.8, 4) is 5.75 Å². The lowest BCUT2D eigenvalue weighted by molar-refractivity contribution is 0.0567. The zero-order valence-electron chi connectivity index (χ0n) is 22.7. The molecule has 1 fully saturated rings. The fourth-order valence-electron chi connectivity index (χ4n) is 5.70. The van der Waals surface area contributed by atoms with E-state index in [0.29, 0.717) is 40.4 Å². The quantitative estimate of drug-likeness (QED) is 0.239. The molecular formula is C32H36ClFN2O3. The van der Waals surface area contributed by atoms with Crippen LogP contribution in [0.25, 0.3) is 0 Å². The minimum Gasteiger partial charge on any atom is -0.508 e.